The number of hydrogen-bond donors (Lipinski definition) is 0. The summed E-state index contributed by atoms with van der Waals surface area (Å²) in [6.07, 6.45) is -3.61. The number of carbonyl (C=O) groups excluding carboxylic acids is 1. The molecule has 76 valence electrons. The predicted octanol–water partition coefficient (Wildman–Crippen LogP) is 1.92. The molecule has 6 heteroatoms. The van der Waals surface area contributed by atoms with E-state index in [1.54, 1.807) is 0 Å². The Hall–Kier alpha value is -1.59. The topological polar surface area (TPSA) is 39.2 Å². The summed E-state index contributed by atoms with van der Waals surface area (Å²) >= 11 is 0. The highest BCUT2D eigenvalue weighted by Gasteiger charge is 2.35. The summed E-state index contributed by atoms with van der Waals surface area (Å²) in [5.74, 6) is 0.111. The number of carbonyl (C=O) groups is 1. The maximum Gasteiger partial charge on any atom is 0.434 e. The van der Waals surface area contributed by atoms with Gasteiger partial charge in [0.05, 0.1) is 13.3 Å². The van der Waals surface area contributed by atoms with Gasteiger partial charge in [-0.15, -0.1) is 0 Å². The number of halogens is 3. The van der Waals surface area contributed by atoms with Crippen LogP contribution in [-0.4, -0.2) is 18.4 Å². The lowest BCUT2D eigenvalue weighted by atomic mass is 10.2. The molecule has 1 rings (SSSR count). The van der Waals surface area contributed by atoms with Crippen molar-refractivity contribution in [3.63, 3.8) is 0 Å². The lowest BCUT2D eigenvalue weighted by Crippen LogP contribution is -2.11. The predicted molar refractivity (Wildman–Crippen MR) is 41.2 cm³/mol. The van der Waals surface area contributed by atoms with E-state index in [1.165, 1.54) is 7.11 Å². The molecule has 0 bridgehead atoms. The zero-order valence-corrected chi connectivity index (χ0v) is 7.13. The van der Waals surface area contributed by atoms with E-state index in [0.29, 0.717) is 0 Å². The van der Waals surface area contributed by atoms with Crippen molar-refractivity contribution in [2.75, 3.05) is 7.11 Å². The third-order valence-corrected chi connectivity index (χ3v) is 1.52. The summed E-state index contributed by atoms with van der Waals surface area (Å²) in [5, 5.41) is 0. The van der Waals surface area contributed by atoms with Crippen molar-refractivity contribution in [1.82, 2.24) is 4.98 Å². The molecule has 0 radical (unpaired) electrons. The third kappa shape index (κ3) is 2.01. The molecule has 1 aromatic rings. The van der Waals surface area contributed by atoms with E-state index in [4.69, 9.17) is 0 Å². The van der Waals surface area contributed by atoms with E-state index < -0.39 is 17.4 Å². The van der Waals surface area contributed by atoms with E-state index in [-0.39, 0.29) is 12.0 Å². The van der Waals surface area contributed by atoms with Gasteiger partial charge >= 0.3 is 6.18 Å². The Balaban J connectivity index is 3.25. The minimum absolute atomic E-state index is 0.0956. The second kappa shape index (κ2) is 3.65. The third-order valence-electron chi connectivity index (χ3n) is 1.52. The van der Waals surface area contributed by atoms with Crippen molar-refractivity contribution in [1.29, 1.82) is 0 Å². The van der Waals surface area contributed by atoms with Gasteiger partial charge in [0.15, 0.2) is 12.0 Å². The van der Waals surface area contributed by atoms with Crippen molar-refractivity contribution in [2.45, 2.75) is 6.18 Å². The van der Waals surface area contributed by atoms with Crippen LogP contribution in [0.25, 0.3) is 0 Å². The van der Waals surface area contributed by atoms with E-state index in [1.807, 2.05) is 0 Å². The van der Waals surface area contributed by atoms with Crippen molar-refractivity contribution >= 4 is 6.29 Å². The maximum absolute atomic E-state index is 12.2. The standard InChI is InChI=1S/C8H6F3NO2/c1-14-6-2-5(4-13)7(12-3-6)8(9,10)11/h2-4H,1H3. The molecule has 0 amide bonds. The normalized spacial score (nSPS) is 11.1. The van der Waals surface area contributed by atoms with Crippen LogP contribution in [0.1, 0.15) is 16.1 Å². The van der Waals surface area contributed by atoms with Gasteiger partial charge in [0, 0.05) is 5.56 Å². The van der Waals surface area contributed by atoms with Gasteiger partial charge in [-0.1, -0.05) is 0 Å². The van der Waals surface area contributed by atoms with Crippen LogP contribution < -0.4 is 4.74 Å². The van der Waals surface area contributed by atoms with E-state index in [2.05, 4.69) is 9.72 Å². The summed E-state index contributed by atoms with van der Waals surface area (Å²) in [7, 11) is 1.28. The highest BCUT2D eigenvalue weighted by atomic mass is 19.4. The SMILES string of the molecule is COc1cnc(C(F)(F)F)c(C=O)c1. The van der Waals surface area contributed by atoms with Crippen LogP contribution in [0.2, 0.25) is 0 Å². The van der Waals surface area contributed by atoms with Gasteiger partial charge in [-0.25, -0.2) is 4.98 Å². The molecule has 0 aliphatic heterocycles. The minimum Gasteiger partial charge on any atom is -0.495 e. The monoisotopic (exact) mass is 205 g/mol. The fraction of sp³-hybridized carbons (Fsp3) is 0.250. The molecule has 0 aliphatic rings. The Morgan fingerprint density at radius 2 is 2.14 bits per heavy atom. The molecule has 0 saturated carbocycles. The number of aldehydes is 1. The summed E-state index contributed by atoms with van der Waals surface area (Å²) in [6, 6.07) is 0.989. The summed E-state index contributed by atoms with van der Waals surface area (Å²) in [5.41, 5.74) is -1.73. The zero-order chi connectivity index (χ0) is 10.8. The second-order valence-corrected chi connectivity index (χ2v) is 2.43. The maximum atomic E-state index is 12.2. The number of aromatic nitrogens is 1. The fourth-order valence-corrected chi connectivity index (χ4v) is 0.900. The Labute approximate surface area is 77.5 Å². The van der Waals surface area contributed by atoms with Crippen LogP contribution in [0.15, 0.2) is 12.3 Å². The summed E-state index contributed by atoms with van der Waals surface area (Å²) in [4.78, 5) is 13.5. The quantitative estimate of drug-likeness (QED) is 0.692. The number of nitrogens with zero attached hydrogens (tertiary/aromatic N) is 1. The van der Waals surface area contributed by atoms with Crippen LogP contribution in [0.4, 0.5) is 13.2 Å². The smallest absolute Gasteiger partial charge is 0.434 e. The summed E-state index contributed by atoms with van der Waals surface area (Å²) in [6.45, 7) is 0. The Morgan fingerprint density at radius 1 is 1.50 bits per heavy atom. The number of ether oxygens (including phenoxy) is 1. The lowest BCUT2D eigenvalue weighted by Gasteiger charge is -2.08. The number of pyridine rings is 1. The number of rotatable bonds is 2. The molecule has 0 saturated heterocycles. The van der Waals surface area contributed by atoms with Crippen molar-refractivity contribution < 1.29 is 22.7 Å². The minimum atomic E-state index is -4.62. The van der Waals surface area contributed by atoms with Crippen LogP contribution in [0.3, 0.4) is 0 Å². The van der Waals surface area contributed by atoms with Crippen LogP contribution >= 0.6 is 0 Å². The highest BCUT2D eigenvalue weighted by molar-refractivity contribution is 5.77. The van der Waals surface area contributed by atoms with Gasteiger partial charge in [0.25, 0.3) is 0 Å². The van der Waals surface area contributed by atoms with Crippen LogP contribution in [-0.2, 0) is 6.18 Å². The molecular weight excluding hydrogens is 199 g/mol. The zero-order valence-electron chi connectivity index (χ0n) is 7.13. The first-order valence-corrected chi connectivity index (χ1v) is 3.55. The molecular formula is C8H6F3NO2. The van der Waals surface area contributed by atoms with Crippen LogP contribution in [0, 0.1) is 0 Å². The molecule has 0 spiro atoms. The Morgan fingerprint density at radius 3 is 2.57 bits per heavy atom. The fourth-order valence-electron chi connectivity index (χ4n) is 0.900. The largest absolute Gasteiger partial charge is 0.495 e. The lowest BCUT2D eigenvalue weighted by molar-refractivity contribution is -0.141. The molecule has 0 unspecified atom stereocenters. The molecule has 0 fully saturated rings. The van der Waals surface area contributed by atoms with E-state index >= 15 is 0 Å². The average Bonchev–Trinajstić information content (AvgIpc) is 2.15. The first-order valence-electron chi connectivity index (χ1n) is 3.55. The molecule has 0 atom stereocenters. The number of methoxy groups -OCH3 is 1. The molecule has 14 heavy (non-hydrogen) atoms. The average molecular weight is 205 g/mol. The van der Waals surface area contributed by atoms with Gasteiger partial charge in [0.2, 0.25) is 0 Å². The van der Waals surface area contributed by atoms with Crippen LogP contribution in [0.5, 0.6) is 5.75 Å². The first-order chi connectivity index (χ1) is 6.49. The van der Waals surface area contributed by atoms with E-state index in [9.17, 15) is 18.0 Å². The molecule has 0 aliphatic carbocycles. The Bertz CT molecular complexity index is 349. The van der Waals surface area contributed by atoms with Crippen molar-refractivity contribution in [3.8, 4) is 5.75 Å². The molecule has 1 heterocycles. The van der Waals surface area contributed by atoms with Gasteiger partial charge < -0.3 is 4.74 Å². The van der Waals surface area contributed by atoms with Gasteiger partial charge in [-0.05, 0) is 6.07 Å². The number of hydrogen-bond acceptors (Lipinski definition) is 3. The van der Waals surface area contributed by atoms with E-state index in [0.717, 1.165) is 12.3 Å². The number of alkyl halides is 3. The van der Waals surface area contributed by atoms with Crippen molar-refractivity contribution in [2.24, 2.45) is 0 Å². The van der Waals surface area contributed by atoms with Gasteiger partial charge in [0.1, 0.15) is 5.75 Å². The Kier molecular flexibility index (Phi) is 2.73. The molecule has 3 nitrogen and oxygen atoms in total. The van der Waals surface area contributed by atoms with Crippen molar-refractivity contribution in [3.05, 3.63) is 23.5 Å². The molecule has 0 aromatic carbocycles. The van der Waals surface area contributed by atoms with Gasteiger partial charge in [-0.2, -0.15) is 13.2 Å². The summed E-state index contributed by atoms with van der Waals surface area (Å²) < 4.78 is 41.3. The second-order valence-electron chi connectivity index (χ2n) is 2.43. The molecule has 0 N–H and O–H groups in total. The first kappa shape index (κ1) is 10.5. The highest BCUT2D eigenvalue weighted by Crippen LogP contribution is 2.30. The molecule has 1 aromatic heterocycles. The van der Waals surface area contributed by atoms with Gasteiger partial charge in [-0.3, -0.25) is 4.79 Å².